The van der Waals surface area contributed by atoms with Crippen LogP contribution in [0.15, 0.2) is 54.6 Å². The quantitative estimate of drug-likeness (QED) is 0.573. The second kappa shape index (κ2) is 8.42. The fourth-order valence-electron chi connectivity index (χ4n) is 3.69. The summed E-state index contributed by atoms with van der Waals surface area (Å²) < 4.78 is 5.22. The maximum Gasteiger partial charge on any atom is 0.317 e. The van der Waals surface area contributed by atoms with E-state index in [9.17, 15) is 9.59 Å². The number of allylic oxidation sites excluding steroid dienone is 2. The molecule has 146 valence electrons. The first-order chi connectivity index (χ1) is 13.4. The lowest BCUT2D eigenvalue weighted by molar-refractivity contribution is -0.151. The number of nitrogens with zero attached hydrogens (tertiary/aromatic N) is 1. The normalized spacial score (nSPS) is 19.1. The van der Waals surface area contributed by atoms with Gasteiger partial charge in [0.2, 0.25) is 0 Å². The van der Waals surface area contributed by atoms with E-state index in [1.807, 2.05) is 68.4 Å². The van der Waals surface area contributed by atoms with Gasteiger partial charge >= 0.3 is 5.97 Å². The van der Waals surface area contributed by atoms with Gasteiger partial charge in [0.05, 0.1) is 6.61 Å². The first kappa shape index (κ1) is 19.9. The van der Waals surface area contributed by atoms with Gasteiger partial charge in [0.25, 0.3) is 0 Å². The third kappa shape index (κ3) is 4.16. The molecule has 0 amide bonds. The molecule has 0 heterocycles. The van der Waals surface area contributed by atoms with E-state index in [0.29, 0.717) is 6.42 Å². The SMILES string of the molecule is CCOC(=O)C1C(=O)C=C(c2cccc(N(C)C)c2)CC1c1ccc(C)cc1. The molecule has 0 radical (unpaired) electrons. The van der Waals surface area contributed by atoms with Crippen LogP contribution < -0.4 is 4.90 Å². The summed E-state index contributed by atoms with van der Waals surface area (Å²) in [6, 6.07) is 16.2. The van der Waals surface area contributed by atoms with E-state index in [4.69, 9.17) is 4.74 Å². The molecule has 1 aliphatic rings. The van der Waals surface area contributed by atoms with Crippen LogP contribution in [0, 0.1) is 12.8 Å². The van der Waals surface area contributed by atoms with Crippen LogP contribution in [-0.4, -0.2) is 32.5 Å². The fraction of sp³-hybridized carbons (Fsp3) is 0.333. The average molecular weight is 377 g/mol. The van der Waals surface area contributed by atoms with Crippen molar-refractivity contribution in [1.82, 2.24) is 0 Å². The maximum absolute atomic E-state index is 13.0. The summed E-state index contributed by atoms with van der Waals surface area (Å²) in [5.41, 5.74) is 5.18. The number of anilines is 1. The lowest BCUT2D eigenvalue weighted by Crippen LogP contribution is -2.34. The monoisotopic (exact) mass is 377 g/mol. The lowest BCUT2D eigenvalue weighted by atomic mass is 9.73. The Hall–Kier alpha value is -2.88. The zero-order valence-corrected chi connectivity index (χ0v) is 16.9. The zero-order chi connectivity index (χ0) is 20.3. The minimum absolute atomic E-state index is 0.180. The number of carbonyl (C=O) groups is 2. The zero-order valence-electron chi connectivity index (χ0n) is 16.9. The van der Waals surface area contributed by atoms with Crippen molar-refractivity contribution >= 4 is 23.0 Å². The van der Waals surface area contributed by atoms with Crippen LogP contribution in [0.5, 0.6) is 0 Å². The van der Waals surface area contributed by atoms with Crippen LogP contribution >= 0.6 is 0 Å². The van der Waals surface area contributed by atoms with Gasteiger partial charge in [0, 0.05) is 25.7 Å². The number of ketones is 1. The molecule has 4 heteroatoms. The van der Waals surface area contributed by atoms with Crippen LogP contribution in [0.2, 0.25) is 0 Å². The Morgan fingerprint density at radius 1 is 1.14 bits per heavy atom. The van der Waals surface area contributed by atoms with Crippen molar-refractivity contribution in [3.8, 4) is 0 Å². The number of carbonyl (C=O) groups excluding carboxylic acids is 2. The summed E-state index contributed by atoms with van der Waals surface area (Å²) in [5.74, 6) is -1.63. The van der Waals surface area contributed by atoms with E-state index in [1.54, 1.807) is 13.0 Å². The third-order valence-electron chi connectivity index (χ3n) is 5.24. The van der Waals surface area contributed by atoms with Crippen molar-refractivity contribution in [2.45, 2.75) is 26.2 Å². The highest BCUT2D eigenvalue weighted by atomic mass is 16.5. The summed E-state index contributed by atoms with van der Waals surface area (Å²) >= 11 is 0. The third-order valence-corrected chi connectivity index (χ3v) is 5.24. The van der Waals surface area contributed by atoms with E-state index in [-0.39, 0.29) is 18.3 Å². The fourth-order valence-corrected chi connectivity index (χ4v) is 3.69. The predicted octanol–water partition coefficient (Wildman–Crippen LogP) is 4.38. The number of aryl methyl sites for hydroxylation is 1. The standard InChI is InChI=1S/C24H27NO3/c1-5-28-24(27)23-21(17-11-9-16(2)10-12-17)14-19(15-22(23)26)18-7-6-8-20(13-18)25(3)4/h6-13,15,21,23H,5,14H2,1-4H3. The van der Waals surface area contributed by atoms with Gasteiger partial charge in [-0.2, -0.15) is 0 Å². The van der Waals surface area contributed by atoms with Crippen LogP contribution in [0.25, 0.3) is 5.57 Å². The highest BCUT2D eigenvalue weighted by molar-refractivity contribution is 6.10. The van der Waals surface area contributed by atoms with Crippen LogP contribution in [-0.2, 0) is 14.3 Å². The molecule has 0 aromatic heterocycles. The van der Waals surface area contributed by atoms with Gasteiger partial charge in [0.1, 0.15) is 5.92 Å². The van der Waals surface area contributed by atoms with Crippen molar-refractivity contribution in [3.63, 3.8) is 0 Å². The highest BCUT2D eigenvalue weighted by Gasteiger charge is 2.39. The Balaban J connectivity index is 2.02. The van der Waals surface area contributed by atoms with Crippen LogP contribution in [0.4, 0.5) is 5.69 Å². The van der Waals surface area contributed by atoms with Crippen LogP contribution in [0.3, 0.4) is 0 Å². The Kier molecular flexibility index (Phi) is 5.98. The summed E-state index contributed by atoms with van der Waals surface area (Å²) in [5, 5.41) is 0. The molecule has 1 aliphatic carbocycles. The second-order valence-electron chi connectivity index (χ2n) is 7.47. The lowest BCUT2D eigenvalue weighted by Gasteiger charge is -2.30. The van der Waals surface area contributed by atoms with Gasteiger partial charge in [-0.3, -0.25) is 9.59 Å². The van der Waals surface area contributed by atoms with Gasteiger partial charge in [-0.1, -0.05) is 42.0 Å². The Bertz CT molecular complexity index is 896. The minimum Gasteiger partial charge on any atom is -0.465 e. The number of benzene rings is 2. The molecule has 0 fully saturated rings. The van der Waals surface area contributed by atoms with E-state index in [1.165, 1.54) is 0 Å². The molecule has 0 spiro atoms. The topological polar surface area (TPSA) is 46.6 Å². The van der Waals surface area contributed by atoms with E-state index < -0.39 is 11.9 Å². The number of hydrogen-bond donors (Lipinski definition) is 0. The molecule has 2 aromatic rings. The molecular weight excluding hydrogens is 350 g/mol. The van der Waals surface area contributed by atoms with Crippen molar-refractivity contribution in [2.75, 3.05) is 25.6 Å². The largest absolute Gasteiger partial charge is 0.465 e. The van der Waals surface area contributed by atoms with Gasteiger partial charge in [-0.05, 0) is 55.2 Å². The second-order valence-corrected chi connectivity index (χ2v) is 7.47. The van der Waals surface area contributed by atoms with E-state index in [0.717, 1.165) is 28.0 Å². The number of esters is 1. The Labute approximate surface area is 166 Å². The number of rotatable bonds is 5. The van der Waals surface area contributed by atoms with Crippen molar-refractivity contribution in [2.24, 2.45) is 5.92 Å². The van der Waals surface area contributed by atoms with Crippen molar-refractivity contribution in [3.05, 3.63) is 71.3 Å². The molecule has 0 aliphatic heterocycles. The summed E-state index contributed by atoms with van der Waals surface area (Å²) in [6.45, 7) is 4.06. The smallest absolute Gasteiger partial charge is 0.317 e. The molecule has 0 bridgehead atoms. The predicted molar refractivity (Wildman–Crippen MR) is 112 cm³/mol. The average Bonchev–Trinajstić information content (AvgIpc) is 2.68. The maximum atomic E-state index is 13.0. The van der Waals surface area contributed by atoms with Crippen LogP contribution in [0.1, 0.15) is 36.0 Å². The Morgan fingerprint density at radius 2 is 1.86 bits per heavy atom. The van der Waals surface area contributed by atoms with Gasteiger partial charge < -0.3 is 9.64 Å². The van der Waals surface area contributed by atoms with Gasteiger partial charge in [0.15, 0.2) is 5.78 Å². The molecule has 0 saturated carbocycles. The molecule has 3 rings (SSSR count). The van der Waals surface area contributed by atoms with E-state index >= 15 is 0 Å². The molecule has 2 atom stereocenters. The van der Waals surface area contributed by atoms with Crippen molar-refractivity contribution in [1.29, 1.82) is 0 Å². The van der Waals surface area contributed by atoms with Gasteiger partial charge in [-0.15, -0.1) is 0 Å². The first-order valence-electron chi connectivity index (χ1n) is 9.66. The summed E-state index contributed by atoms with van der Waals surface area (Å²) in [7, 11) is 3.98. The number of hydrogen-bond acceptors (Lipinski definition) is 4. The van der Waals surface area contributed by atoms with Gasteiger partial charge in [-0.25, -0.2) is 0 Å². The summed E-state index contributed by atoms with van der Waals surface area (Å²) in [4.78, 5) is 27.6. The van der Waals surface area contributed by atoms with Crippen molar-refractivity contribution < 1.29 is 14.3 Å². The molecule has 0 saturated heterocycles. The summed E-state index contributed by atoms with van der Waals surface area (Å²) in [6.07, 6.45) is 2.25. The highest BCUT2D eigenvalue weighted by Crippen LogP contribution is 2.40. The molecule has 0 N–H and O–H groups in total. The molecule has 2 aromatic carbocycles. The first-order valence-corrected chi connectivity index (χ1v) is 9.66. The molecule has 2 unspecified atom stereocenters. The number of ether oxygens (including phenoxy) is 1. The molecular formula is C24H27NO3. The molecule has 28 heavy (non-hydrogen) atoms. The Morgan fingerprint density at radius 3 is 2.50 bits per heavy atom. The minimum atomic E-state index is -0.788. The molecule has 4 nitrogen and oxygen atoms in total. The van der Waals surface area contributed by atoms with E-state index in [2.05, 4.69) is 6.07 Å².